The molecule has 114 valence electrons. The number of para-hydroxylation sites is 1. The molecule has 1 heterocycles. The minimum Gasteiger partial charge on any atom is -0.483 e. The van der Waals surface area contributed by atoms with Crippen LogP contribution in [0.15, 0.2) is 24.3 Å². The van der Waals surface area contributed by atoms with Crippen LogP contribution in [0.25, 0.3) is 0 Å². The molecule has 0 aliphatic carbocycles. The Morgan fingerprint density at radius 1 is 1.29 bits per heavy atom. The fourth-order valence-corrected chi connectivity index (χ4v) is 2.41. The second kappa shape index (κ2) is 6.58. The molecule has 1 aromatic carbocycles. The van der Waals surface area contributed by atoms with Gasteiger partial charge < -0.3 is 20.1 Å². The van der Waals surface area contributed by atoms with E-state index in [1.54, 1.807) is 29.2 Å². The highest BCUT2D eigenvalue weighted by Crippen LogP contribution is 2.17. The fourth-order valence-electron chi connectivity index (χ4n) is 2.41. The highest BCUT2D eigenvalue weighted by molar-refractivity contribution is 5.95. The maximum atomic E-state index is 12.2. The zero-order valence-electron chi connectivity index (χ0n) is 12.2. The van der Waals surface area contributed by atoms with E-state index >= 15 is 0 Å². The lowest BCUT2D eigenvalue weighted by Crippen LogP contribution is -2.49. The van der Waals surface area contributed by atoms with E-state index in [9.17, 15) is 9.59 Å². The molecule has 2 atom stereocenters. The maximum absolute atomic E-state index is 12.2. The van der Waals surface area contributed by atoms with E-state index in [2.05, 4.69) is 0 Å². The van der Waals surface area contributed by atoms with Crippen molar-refractivity contribution in [3.63, 3.8) is 0 Å². The number of nitrogens with zero attached hydrogens (tertiary/aromatic N) is 1. The third-order valence-electron chi connectivity index (χ3n) is 3.28. The summed E-state index contributed by atoms with van der Waals surface area (Å²) < 4.78 is 11.0. The van der Waals surface area contributed by atoms with Gasteiger partial charge in [-0.05, 0) is 26.0 Å². The summed E-state index contributed by atoms with van der Waals surface area (Å²) in [6.45, 7) is 4.83. The van der Waals surface area contributed by atoms with Crippen molar-refractivity contribution in [3.05, 3.63) is 29.8 Å². The lowest BCUT2D eigenvalue weighted by Gasteiger charge is -2.35. The van der Waals surface area contributed by atoms with Gasteiger partial charge in [-0.3, -0.25) is 9.59 Å². The highest BCUT2D eigenvalue weighted by atomic mass is 16.5. The topological polar surface area (TPSA) is 81.9 Å². The highest BCUT2D eigenvalue weighted by Gasteiger charge is 2.26. The van der Waals surface area contributed by atoms with Gasteiger partial charge in [0.25, 0.3) is 11.8 Å². The van der Waals surface area contributed by atoms with Gasteiger partial charge in [0, 0.05) is 13.1 Å². The summed E-state index contributed by atoms with van der Waals surface area (Å²) in [5.74, 6) is -0.379. The lowest BCUT2D eigenvalue weighted by atomic mass is 10.2. The third-order valence-corrected chi connectivity index (χ3v) is 3.28. The van der Waals surface area contributed by atoms with Gasteiger partial charge in [-0.2, -0.15) is 0 Å². The van der Waals surface area contributed by atoms with Crippen molar-refractivity contribution in [2.24, 2.45) is 5.73 Å². The van der Waals surface area contributed by atoms with E-state index in [-0.39, 0.29) is 30.3 Å². The second-order valence-electron chi connectivity index (χ2n) is 5.21. The molecule has 0 aromatic heterocycles. The molecule has 2 rings (SSSR count). The Morgan fingerprint density at radius 2 is 1.90 bits per heavy atom. The van der Waals surface area contributed by atoms with E-state index in [1.807, 2.05) is 13.8 Å². The lowest BCUT2D eigenvalue weighted by molar-refractivity contribution is -0.145. The molecule has 0 unspecified atom stereocenters. The van der Waals surface area contributed by atoms with Gasteiger partial charge in [0.2, 0.25) is 0 Å². The zero-order chi connectivity index (χ0) is 15.4. The van der Waals surface area contributed by atoms with Gasteiger partial charge in [-0.25, -0.2) is 0 Å². The van der Waals surface area contributed by atoms with Gasteiger partial charge in [0.05, 0.1) is 17.8 Å². The van der Waals surface area contributed by atoms with Gasteiger partial charge in [0.15, 0.2) is 6.61 Å². The molecule has 2 N–H and O–H groups in total. The molecule has 1 aliphatic heterocycles. The molecule has 2 amide bonds. The number of carbonyl (C=O) groups is 2. The number of rotatable bonds is 4. The minimum absolute atomic E-state index is 0.00982. The molecule has 1 aromatic rings. The van der Waals surface area contributed by atoms with Crippen LogP contribution in [-0.4, -0.2) is 48.6 Å². The number of hydrogen-bond acceptors (Lipinski definition) is 4. The minimum atomic E-state index is -0.577. The van der Waals surface area contributed by atoms with Crippen molar-refractivity contribution in [1.82, 2.24) is 4.90 Å². The van der Waals surface area contributed by atoms with E-state index in [1.165, 1.54) is 0 Å². The number of nitrogens with two attached hydrogens (primary N) is 1. The largest absolute Gasteiger partial charge is 0.483 e. The van der Waals surface area contributed by atoms with Crippen LogP contribution in [0.3, 0.4) is 0 Å². The van der Waals surface area contributed by atoms with Crippen molar-refractivity contribution >= 4 is 11.8 Å². The number of benzene rings is 1. The summed E-state index contributed by atoms with van der Waals surface area (Å²) >= 11 is 0. The second-order valence-corrected chi connectivity index (χ2v) is 5.21. The zero-order valence-corrected chi connectivity index (χ0v) is 12.2. The van der Waals surface area contributed by atoms with Crippen molar-refractivity contribution in [3.8, 4) is 5.75 Å². The maximum Gasteiger partial charge on any atom is 0.260 e. The number of amides is 2. The van der Waals surface area contributed by atoms with Crippen LogP contribution in [0.5, 0.6) is 5.75 Å². The molecule has 0 bridgehead atoms. The van der Waals surface area contributed by atoms with Gasteiger partial charge >= 0.3 is 0 Å². The standard InChI is InChI=1S/C15H20N2O4/c1-10-7-17(8-11(2)21-10)14(18)9-20-13-6-4-3-5-12(13)15(16)19/h3-6,10-11H,7-9H2,1-2H3,(H2,16,19)/t10-,11-/m1/s1. The predicted molar refractivity (Wildman–Crippen MR) is 77.0 cm³/mol. The monoisotopic (exact) mass is 292 g/mol. The Labute approximate surface area is 123 Å². The Kier molecular flexibility index (Phi) is 4.80. The average molecular weight is 292 g/mol. The van der Waals surface area contributed by atoms with Crippen LogP contribution < -0.4 is 10.5 Å². The molecule has 1 aliphatic rings. The summed E-state index contributed by atoms with van der Waals surface area (Å²) in [6, 6.07) is 6.62. The normalized spacial score (nSPS) is 21.9. The average Bonchev–Trinajstić information content (AvgIpc) is 2.43. The first-order valence-electron chi connectivity index (χ1n) is 6.92. The molecule has 0 saturated carbocycles. The van der Waals surface area contributed by atoms with Crippen LogP contribution in [-0.2, 0) is 9.53 Å². The van der Waals surface area contributed by atoms with Gasteiger partial charge in [-0.15, -0.1) is 0 Å². The number of primary amides is 1. The SMILES string of the molecule is C[C@@H]1CN(C(=O)COc2ccccc2C(N)=O)C[C@@H](C)O1. The molecular formula is C15H20N2O4. The first kappa shape index (κ1) is 15.3. The fraction of sp³-hybridized carbons (Fsp3) is 0.467. The molecule has 0 radical (unpaired) electrons. The smallest absolute Gasteiger partial charge is 0.260 e. The van der Waals surface area contributed by atoms with Gasteiger partial charge in [-0.1, -0.05) is 12.1 Å². The number of carbonyl (C=O) groups excluding carboxylic acids is 2. The Bertz CT molecular complexity index is 522. The molecule has 1 saturated heterocycles. The first-order valence-corrected chi connectivity index (χ1v) is 6.92. The van der Waals surface area contributed by atoms with Crippen LogP contribution in [0.1, 0.15) is 24.2 Å². The van der Waals surface area contributed by atoms with E-state index in [0.717, 1.165) is 0 Å². The summed E-state index contributed by atoms with van der Waals surface area (Å²) in [6.07, 6.45) is 0.0196. The Morgan fingerprint density at radius 3 is 2.52 bits per heavy atom. The Hall–Kier alpha value is -2.08. The summed E-state index contributed by atoms with van der Waals surface area (Å²) in [5, 5.41) is 0. The third kappa shape index (κ3) is 3.95. The number of hydrogen-bond donors (Lipinski definition) is 1. The Balaban J connectivity index is 1.97. The molecule has 6 heteroatoms. The van der Waals surface area contributed by atoms with Crippen LogP contribution in [0, 0.1) is 0 Å². The van der Waals surface area contributed by atoms with Crippen LogP contribution >= 0.6 is 0 Å². The van der Waals surface area contributed by atoms with E-state index in [4.69, 9.17) is 15.2 Å². The number of morpholine rings is 1. The summed E-state index contributed by atoms with van der Waals surface area (Å²) in [5.41, 5.74) is 5.54. The van der Waals surface area contributed by atoms with Crippen molar-refractivity contribution < 1.29 is 19.1 Å². The summed E-state index contributed by atoms with van der Waals surface area (Å²) in [4.78, 5) is 25.2. The molecule has 0 spiro atoms. The van der Waals surface area contributed by atoms with E-state index < -0.39 is 5.91 Å². The molecule has 6 nitrogen and oxygen atoms in total. The first-order chi connectivity index (χ1) is 9.97. The molecule has 21 heavy (non-hydrogen) atoms. The van der Waals surface area contributed by atoms with Crippen molar-refractivity contribution in [2.75, 3.05) is 19.7 Å². The van der Waals surface area contributed by atoms with Crippen LogP contribution in [0.2, 0.25) is 0 Å². The van der Waals surface area contributed by atoms with Crippen LogP contribution in [0.4, 0.5) is 0 Å². The molecule has 1 fully saturated rings. The van der Waals surface area contributed by atoms with Crippen molar-refractivity contribution in [1.29, 1.82) is 0 Å². The predicted octanol–water partition coefficient (Wildman–Crippen LogP) is 0.800. The van der Waals surface area contributed by atoms with Gasteiger partial charge in [0.1, 0.15) is 5.75 Å². The quantitative estimate of drug-likeness (QED) is 0.890. The molecular weight excluding hydrogens is 272 g/mol. The van der Waals surface area contributed by atoms with E-state index in [0.29, 0.717) is 18.8 Å². The number of ether oxygens (including phenoxy) is 2. The summed E-state index contributed by atoms with van der Waals surface area (Å²) in [7, 11) is 0. The van der Waals surface area contributed by atoms with Crippen molar-refractivity contribution in [2.45, 2.75) is 26.1 Å².